The number of hydrogen-bond donors (Lipinski definition) is 0. The fourth-order valence-corrected chi connectivity index (χ4v) is 14.4. The molecule has 5 nitrogen and oxygen atoms in total. The molecule has 0 fully saturated rings. The van der Waals surface area contributed by atoms with Crippen LogP contribution in [-0.4, -0.2) is 9.55 Å². The third-order valence-electron chi connectivity index (χ3n) is 18.9. The summed E-state index contributed by atoms with van der Waals surface area (Å²) in [5, 5.41) is 2.22. The molecule has 3 aliphatic rings. The summed E-state index contributed by atoms with van der Waals surface area (Å²) in [5.74, 6) is 2.01. The van der Waals surface area contributed by atoms with Crippen LogP contribution in [0.1, 0.15) is 126 Å². The Balaban J connectivity index is 0.00000680. The SMILES string of the molecule is CC(C)(C)c1ccc(-n2c3[c-]c(Oc4[c-]c(N5[CH-]N(c6c(-c7cc(C(C)(C)C)cc(C(C)(C)C)c7)cccc6-c6cccc7c6-c6ccccc6C76c7ccccc7C(C)(C)c7ccccc76)c6ccccc65)ccc4)ccc3c3ccccc32)nc1.[Pt]. The average molecular weight is 1320 g/mol. The number of nitrogens with zero attached hydrogens (tertiary/aromatic N) is 4. The molecule has 6 heteroatoms. The second-order valence-electron chi connectivity index (χ2n) is 27.7. The maximum absolute atomic E-state index is 6.84. The number of anilines is 4. The zero-order chi connectivity index (χ0) is 59.9. The fraction of sp³-hybridized carbons (Fsp3) is 0.195. The van der Waals surface area contributed by atoms with Gasteiger partial charge in [0, 0.05) is 77.9 Å². The Morgan fingerprint density at radius 3 is 1.66 bits per heavy atom. The van der Waals surface area contributed by atoms with Gasteiger partial charge in [-0.3, -0.25) is 0 Å². The van der Waals surface area contributed by atoms with Crippen LogP contribution >= 0.6 is 0 Å². The Kier molecular flexibility index (Phi) is 13.4. The number of hydrogen-bond acceptors (Lipinski definition) is 4. The van der Waals surface area contributed by atoms with E-state index in [0.717, 1.165) is 61.5 Å². The largest absolute Gasteiger partial charge is 0.509 e. The predicted octanol–water partition coefficient (Wildman–Crippen LogP) is 21.2. The van der Waals surface area contributed by atoms with Crippen molar-refractivity contribution in [2.45, 2.75) is 103 Å². The van der Waals surface area contributed by atoms with Crippen molar-refractivity contribution >= 4 is 44.6 Å². The molecule has 0 bridgehead atoms. The van der Waals surface area contributed by atoms with Crippen LogP contribution in [0.2, 0.25) is 0 Å². The van der Waals surface area contributed by atoms with Crippen molar-refractivity contribution in [3.05, 3.63) is 293 Å². The van der Waals surface area contributed by atoms with E-state index in [1.165, 1.54) is 72.3 Å². The molecule has 2 aromatic heterocycles. The summed E-state index contributed by atoms with van der Waals surface area (Å²) in [4.78, 5) is 9.73. The molecule has 0 saturated carbocycles. The summed E-state index contributed by atoms with van der Waals surface area (Å²) in [6, 6.07) is 88.4. The third-order valence-corrected chi connectivity index (χ3v) is 18.9. The molecule has 0 radical (unpaired) electrons. The summed E-state index contributed by atoms with van der Waals surface area (Å²) in [6.45, 7) is 27.7. The van der Waals surface area contributed by atoms with Crippen LogP contribution in [0.3, 0.4) is 0 Å². The molecule has 88 heavy (non-hydrogen) atoms. The number of benzene rings is 10. The van der Waals surface area contributed by atoms with Gasteiger partial charge in [0.2, 0.25) is 0 Å². The molecule has 15 rings (SSSR count). The quantitative estimate of drug-likeness (QED) is 0.149. The Morgan fingerprint density at radius 1 is 0.443 bits per heavy atom. The van der Waals surface area contributed by atoms with Crippen molar-refractivity contribution in [3.8, 4) is 50.7 Å². The molecule has 3 heterocycles. The number of pyridine rings is 1. The van der Waals surface area contributed by atoms with Gasteiger partial charge in [-0.15, -0.1) is 48.1 Å². The van der Waals surface area contributed by atoms with Crippen molar-refractivity contribution < 1.29 is 25.8 Å². The second kappa shape index (κ2) is 20.7. The van der Waals surface area contributed by atoms with Crippen LogP contribution < -0.4 is 14.5 Å². The van der Waals surface area contributed by atoms with Gasteiger partial charge in [0.25, 0.3) is 0 Å². The first kappa shape index (κ1) is 57.0. The van der Waals surface area contributed by atoms with Crippen molar-refractivity contribution in [1.82, 2.24) is 9.55 Å². The normalized spacial score (nSPS) is 14.5. The van der Waals surface area contributed by atoms with Gasteiger partial charge in [0.1, 0.15) is 5.82 Å². The van der Waals surface area contributed by atoms with Gasteiger partial charge in [-0.25, -0.2) is 4.98 Å². The molecular formula is C82H71N4OPt-3. The molecule has 12 aromatic rings. The molecule has 438 valence electrons. The van der Waals surface area contributed by atoms with E-state index < -0.39 is 5.41 Å². The van der Waals surface area contributed by atoms with Crippen molar-refractivity contribution in [3.63, 3.8) is 0 Å². The number of aromatic nitrogens is 2. The van der Waals surface area contributed by atoms with Crippen LogP contribution in [0.4, 0.5) is 22.7 Å². The summed E-state index contributed by atoms with van der Waals surface area (Å²) < 4.78 is 9.04. The smallest absolute Gasteiger partial charge is 0.135 e. The minimum absolute atomic E-state index is 0. The van der Waals surface area contributed by atoms with E-state index in [2.05, 4.69) is 316 Å². The van der Waals surface area contributed by atoms with Crippen LogP contribution in [0.15, 0.2) is 225 Å². The summed E-state index contributed by atoms with van der Waals surface area (Å²) in [5.41, 5.74) is 24.1. The summed E-state index contributed by atoms with van der Waals surface area (Å²) in [7, 11) is 0. The van der Waals surface area contributed by atoms with E-state index >= 15 is 0 Å². The summed E-state index contributed by atoms with van der Waals surface area (Å²) in [6.07, 6.45) is 2.00. The van der Waals surface area contributed by atoms with Gasteiger partial charge in [-0.2, -0.15) is 12.1 Å². The van der Waals surface area contributed by atoms with Gasteiger partial charge in [0.15, 0.2) is 0 Å². The first-order chi connectivity index (χ1) is 41.8. The zero-order valence-corrected chi connectivity index (χ0v) is 54.2. The number of rotatable bonds is 7. The van der Waals surface area contributed by atoms with E-state index in [1.54, 1.807) is 0 Å². The Hall–Kier alpha value is -8.76. The molecule has 1 aliphatic heterocycles. The fourth-order valence-electron chi connectivity index (χ4n) is 14.4. The van der Waals surface area contributed by atoms with Crippen LogP contribution in [0.25, 0.3) is 61.0 Å². The van der Waals surface area contributed by atoms with Crippen LogP contribution in [-0.2, 0) is 48.1 Å². The standard InChI is InChI=1S/C82H71N4O.Pt/c1-78(2,3)53-41-44-75(83-50-53)86-71-38-19-13-27-60(71)61-43-42-58(49-74(61)86)87-57-26-22-25-56(48-57)84-51-85(73-40-21-20-39-72(73)84)77-59(52-45-54(79(4,5)6)47-55(46-52)80(7,8)9)29-23-31-63(77)62-30-24-37-70-76(62)64-28-12-14-32-65(64)82(70)68-35-17-15-33-66(68)81(10,11)67-34-16-18-36-69(67)82;/h12-47,50-51H,1-11H3;/q-3;. The van der Waals surface area contributed by atoms with E-state index in [-0.39, 0.29) is 42.7 Å². The molecule has 0 amide bonds. The van der Waals surface area contributed by atoms with E-state index in [9.17, 15) is 0 Å². The molecule has 0 saturated heterocycles. The summed E-state index contributed by atoms with van der Waals surface area (Å²) >= 11 is 0. The Morgan fingerprint density at radius 2 is 0.989 bits per heavy atom. The molecule has 0 atom stereocenters. The van der Waals surface area contributed by atoms with Crippen molar-refractivity contribution in [2.24, 2.45) is 0 Å². The van der Waals surface area contributed by atoms with Crippen molar-refractivity contribution in [1.29, 1.82) is 0 Å². The van der Waals surface area contributed by atoms with E-state index in [4.69, 9.17) is 9.72 Å². The third kappa shape index (κ3) is 8.85. The molecule has 2 aliphatic carbocycles. The van der Waals surface area contributed by atoms with E-state index in [1.807, 2.05) is 18.3 Å². The first-order valence-electron chi connectivity index (χ1n) is 30.7. The second-order valence-corrected chi connectivity index (χ2v) is 27.7. The maximum Gasteiger partial charge on any atom is 0.135 e. The number of ether oxygens (including phenoxy) is 1. The molecule has 1 spiro atoms. The Bertz CT molecular complexity index is 4670. The Labute approximate surface area is 533 Å². The minimum atomic E-state index is -0.547. The average Bonchev–Trinajstić information content (AvgIpc) is 1.42. The first-order valence-corrected chi connectivity index (χ1v) is 30.7. The van der Waals surface area contributed by atoms with Gasteiger partial charge >= 0.3 is 0 Å². The van der Waals surface area contributed by atoms with Gasteiger partial charge in [-0.05, 0) is 118 Å². The van der Waals surface area contributed by atoms with Crippen LogP contribution in [0, 0.1) is 18.8 Å². The monoisotopic (exact) mass is 1320 g/mol. The van der Waals surface area contributed by atoms with Gasteiger partial charge < -0.3 is 19.1 Å². The number of fused-ring (bicyclic) bond motifs is 13. The predicted molar refractivity (Wildman–Crippen MR) is 361 cm³/mol. The molecule has 0 unspecified atom stereocenters. The molecule has 10 aromatic carbocycles. The van der Waals surface area contributed by atoms with Gasteiger partial charge in [-0.1, -0.05) is 245 Å². The van der Waals surface area contributed by atoms with Crippen LogP contribution in [0.5, 0.6) is 11.5 Å². The topological polar surface area (TPSA) is 33.5 Å². The number of para-hydroxylation sites is 4. The minimum Gasteiger partial charge on any atom is -0.509 e. The molecular weight excluding hydrogens is 1250 g/mol. The zero-order valence-electron chi connectivity index (χ0n) is 52.0. The maximum atomic E-state index is 6.84. The molecule has 0 N–H and O–H groups in total. The van der Waals surface area contributed by atoms with Gasteiger partial charge in [0.05, 0.1) is 5.41 Å². The van der Waals surface area contributed by atoms with Crippen molar-refractivity contribution in [2.75, 3.05) is 9.80 Å². The van der Waals surface area contributed by atoms with E-state index in [0.29, 0.717) is 11.5 Å².